The van der Waals surface area contributed by atoms with Crippen molar-refractivity contribution in [2.75, 3.05) is 20.2 Å². The van der Waals surface area contributed by atoms with E-state index in [2.05, 4.69) is 34.1 Å². The van der Waals surface area contributed by atoms with Crippen molar-refractivity contribution in [1.29, 1.82) is 0 Å². The lowest BCUT2D eigenvalue weighted by molar-refractivity contribution is -0.139. The Morgan fingerprint density at radius 1 is 1.21 bits per heavy atom. The molecule has 0 bridgehead atoms. The molecule has 3 aromatic rings. The number of para-hydroxylation sites is 1. The number of hydrogen-bond acceptors (Lipinski definition) is 4. The Hall–Kier alpha value is -2.86. The number of carboxylic acid groups (broad SMARTS) is 1. The molecule has 152 valence electrons. The van der Waals surface area contributed by atoms with Gasteiger partial charge in [0, 0.05) is 25.9 Å². The summed E-state index contributed by atoms with van der Waals surface area (Å²) in [4.78, 5) is 22.0. The Morgan fingerprint density at radius 2 is 2.03 bits per heavy atom. The summed E-state index contributed by atoms with van der Waals surface area (Å²) in [6.07, 6.45) is 1.85. The number of fused-ring (bicyclic) bond motifs is 1. The molecule has 0 aliphatic carbocycles. The zero-order valence-corrected chi connectivity index (χ0v) is 16.7. The molecule has 2 unspecified atom stereocenters. The van der Waals surface area contributed by atoms with Crippen LogP contribution < -0.4 is 4.74 Å². The van der Waals surface area contributed by atoms with Crippen molar-refractivity contribution in [3.63, 3.8) is 0 Å². The monoisotopic (exact) mass is 393 g/mol. The fraction of sp³-hybridized carbons (Fsp3) is 0.391. The summed E-state index contributed by atoms with van der Waals surface area (Å²) < 4.78 is 5.42. The summed E-state index contributed by atoms with van der Waals surface area (Å²) >= 11 is 0. The second-order valence-electron chi connectivity index (χ2n) is 7.87. The van der Waals surface area contributed by atoms with Gasteiger partial charge in [0.1, 0.15) is 17.1 Å². The molecule has 29 heavy (non-hydrogen) atoms. The Morgan fingerprint density at radius 3 is 2.79 bits per heavy atom. The zero-order valence-electron chi connectivity index (χ0n) is 16.7. The number of nitrogens with zero attached hydrogens (tertiary/aromatic N) is 2. The standard InChI is InChI=1S/C23H27N3O3/c1-29-20-9-5-8-19-23(20)25-21(24-19)12-18-15-26(11-10-17(18)13-22(27)28)14-16-6-3-2-4-7-16/h2-9,17-18H,10-15H2,1H3,(H,24,25)(H,27,28). The first-order chi connectivity index (χ1) is 14.1. The van der Waals surface area contributed by atoms with Crippen LogP contribution in [0.5, 0.6) is 5.75 Å². The van der Waals surface area contributed by atoms with Crippen molar-refractivity contribution < 1.29 is 14.6 Å². The third-order valence-corrected chi connectivity index (χ3v) is 5.86. The second kappa shape index (κ2) is 8.66. The quantitative estimate of drug-likeness (QED) is 0.640. The SMILES string of the molecule is COc1cccc2[nH]c(CC3CN(Cc4ccccc4)CCC3CC(=O)O)nc12. The summed E-state index contributed by atoms with van der Waals surface area (Å²) in [5, 5.41) is 9.38. The van der Waals surface area contributed by atoms with E-state index in [1.54, 1.807) is 7.11 Å². The number of aliphatic carboxylic acids is 1. The minimum absolute atomic E-state index is 0.162. The van der Waals surface area contributed by atoms with Gasteiger partial charge >= 0.3 is 5.97 Å². The maximum atomic E-state index is 11.4. The number of benzene rings is 2. The minimum Gasteiger partial charge on any atom is -0.494 e. The number of carboxylic acids is 1. The first-order valence-corrected chi connectivity index (χ1v) is 10.1. The average molecular weight is 393 g/mol. The van der Waals surface area contributed by atoms with Crippen molar-refractivity contribution in [3.05, 3.63) is 59.9 Å². The van der Waals surface area contributed by atoms with Gasteiger partial charge in [-0.05, 0) is 42.5 Å². The van der Waals surface area contributed by atoms with Crippen LogP contribution in [0.15, 0.2) is 48.5 Å². The summed E-state index contributed by atoms with van der Waals surface area (Å²) in [5.41, 5.74) is 3.07. The molecule has 1 fully saturated rings. The van der Waals surface area contributed by atoms with Crippen molar-refractivity contribution in [3.8, 4) is 5.75 Å². The van der Waals surface area contributed by atoms with Crippen molar-refractivity contribution >= 4 is 17.0 Å². The molecule has 6 nitrogen and oxygen atoms in total. The molecule has 6 heteroatoms. The number of imidazole rings is 1. The van der Waals surface area contributed by atoms with Crippen LogP contribution in [0.25, 0.3) is 11.0 Å². The molecule has 2 atom stereocenters. The fourth-order valence-electron chi connectivity index (χ4n) is 4.43. The van der Waals surface area contributed by atoms with Gasteiger partial charge in [-0.2, -0.15) is 0 Å². The van der Waals surface area contributed by atoms with Crippen LogP contribution in [0.3, 0.4) is 0 Å². The van der Waals surface area contributed by atoms with Gasteiger partial charge in [0.25, 0.3) is 0 Å². The first-order valence-electron chi connectivity index (χ1n) is 10.1. The van der Waals surface area contributed by atoms with Gasteiger partial charge in [-0.15, -0.1) is 0 Å². The predicted molar refractivity (Wildman–Crippen MR) is 112 cm³/mol. The van der Waals surface area contributed by atoms with E-state index >= 15 is 0 Å². The van der Waals surface area contributed by atoms with E-state index in [4.69, 9.17) is 9.72 Å². The van der Waals surface area contributed by atoms with Crippen LogP contribution in [0.4, 0.5) is 0 Å². The van der Waals surface area contributed by atoms with E-state index in [9.17, 15) is 9.90 Å². The summed E-state index contributed by atoms with van der Waals surface area (Å²) in [6.45, 7) is 2.70. The largest absolute Gasteiger partial charge is 0.494 e. The molecule has 2 aromatic carbocycles. The van der Waals surface area contributed by atoms with Crippen LogP contribution >= 0.6 is 0 Å². The molecule has 0 saturated carbocycles. The Labute approximate surface area is 170 Å². The van der Waals surface area contributed by atoms with E-state index in [-0.39, 0.29) is 18.3 Å². The normalized spacial score (nSPS) is 20.0. The fourth-order valence-corrected chi connectivity index (χ4v) is 4.43. The number of nitrogens with one attached hydrogen (secondary N) is 1. The van der Waals surface area contributed by atoms with E-state index in [0.717, 1.165) is 55.1 Å². The van der Waals surface area contributed by atoms with Crippen molar-refractivity contribution in [1.82, 2.24) is 14.9 Å². The topological polar surface area (TPSA) is 78.5 Å². The molecule has 1 saturated heterocycles. The van der Waals surface area contributed by atoms with Crippen molar-refractivity contribution in [2.45, 2.75) is 25.8 Å². The second-order valence-corrected chi connectivity index (χ2v) is 7.87. The lowest BCUT2D eigenvalue weighted by atomic mass is 9.81. The Kier molecular flexibility index (Phi) is 5.81. The van der Waals surface area contributed by atoms with Crippen LogP contribution in [0, 0.1) is 11.8 Å². The average Bonchev–Trinajstić information content (AvgIpc) is 3.13. The van der Waals surface area contributed by atoms with Gasteiger partial charge in [-0.1, -0.05) is 36.4 Å². The minimum atomic E-state index is -0.720. The van der Waals surface area contributed by atoms with Crippen LogP contribution in [-0.4, -0.2) is 46.1 Å². The number of piperidine rings is 1. The highest BCUT2D eigenvalue weighted by molar-refractivity contribution is 5.81. The highest BCUT2D eigenvalue weighted by Crippen LogP contribution is 2.31. The molecule has 0 amide bonds. The number of methoxy groups -OCH3 is 1. The van der Waals surface area contributed by atoms with E-state index in [0.29, 0.717) is 0 Å². The molecular formula is C23H27N3O3. The highest BCUT2D eigenvalue weighted by atomic mass is 16.5. The number of ether oxygens (including phenoxy) is 1. The van der Waals surface area contributed by atoms with Gasteiger partial charge in [0.2, 0.25) is 0 Å². The van der Waals surface area contributed by atoms with Gasteiger partial charge in [-0.25, -0.2) is 4.98 Å². The maximum absolute atomic E-state index is 11.4. The number of aromatic amines is 1. The van der Waals surface area contributed by atoms with E-state index in [1.165, 1.54) is 5.56 Å². The predicted octanol–water partition coefficient (Wildman–Crippen LogP) is 3.73. The highest BCUT2D eigenvalue weighted by Gasteiger charge is 2.31. The Bertz CT molecular complexity index is 970. The van der Waals surface area contributed by atoms with Gasteiger partial charge in [-0.3, -0.25) is 9.69 Å². The first kappa shape index (κ1) is 19.5. The van der Waals surface area contributed by atoms with Crippen LogP contribution in [0.1, 0.15) is 24.2 Å². The van der Waals surface area contributed by atoms with Gasteiger partial charge in [0.15, 0.2) is 0 Å². The smallest absolute Gasteiger partial charge is 0.303 e. The molecule has 0 radical (unpaired) electrons. The third-order valence-electron chi connectivity index (χ3n) is 5.86. The lowest BCUT2D eigenvalue weighted by Crippen LogP contribution is -2.41. The third kappa shape index (κ3) is 4.59. The van der Waals surface area contributed by atoms with Gasteiger partial charge < -0.3 is 14.8 Å². The maximum Gasteiger partial charge on any atom is 0.303 e. The number of aromatic nitrogens is 2. The molecule has 2 heterocycles. The number of H-pyrrole nitrogens is 1. The Balaban J connectivity index is 1.53. The molecule has 1 aliphatic rings. The summed E-state index contributed by atoms with van der Waals surface area (Å²) in [6, 6.07) is 16.3. The van der Waals surface area contributed by atoms with Crippen LogP contribution in [0.2, 0.25) is 0 Å². The summed E-state index contributed by atoms with van der Waals surface area (Å²) in [7, 11) is 1.65. The number of likely N-dealkylation sites (tertiary alicyclic amines) is 1. The zero-order chi connectivity index (χ0) is 20.2. The summed E-state index contributed by atoms with van der Waals surface area (Å²) in [5.74, 6) is 1.33. The number of hydrogen-bond donors (Lipinski definition) is 2. The molecular weight excluding hydrogens is 366 g/mol. The molecule has 4 rings (SSSR count). The van der Waals surface area contributed by atoms with Gasteiger partial charge in [0.05, 0.1) is 12.6 Å². The van der Waals surface area contributed by atoms with Crippen LogP contribution in [-0.2, 0) is 17.8 Å². The molecule has 0 spiro atoms. The molecule has 2 N–H and O–H groups in total. The lowest BCUT2D eigenvalue weighted by Gasteiger charge is -2.38. The van der Waals surface area contributed by atoms with E-state index < -0.39 is 5.97 Å². The number of carbonyl (C=O) groups is 1. The molecule has 1 aromatic heterocycles. The van der Waals surface area contributed by atoms with E-state index in [1.807, 2.05) is 24.3 Å². The molecule has 1 aliphatic heterocycles. The van der Waals surface area contributed by atoms with Crippen molar-refractivity contribution in [2.24, 2.45) is 11.8 Å². The number of rotatable bonds is 7.